The summed E-state index contributed by atoms with van der Waals surface area (Å²) in [5, 5.41) is 0.918. The van der Waals surface area contributed by atoms with Crippen molar-refractivity contribution in [2.24, 2.45) is 5.73 Å². The van der Waals surface area contributed by atoms with Crippen LogP contribution in [0, 0.1) is 0 Å². The Morgan fingerprint density at radius 1 is 1.29 bits per heavy atom. The molecule has 8 heteroatoms. The molecule has 5 nitrogen and oxygen atoms in total. The van der Waals surface area contributed by atoms with Gasteiger partial charge in [0.1, 0.15) is 23.0 Å². The van der Waals surface area contributed by atoms with Crippen LogP contribution in [0.25, 0.3) is 0 Å². The average molecular weight is 387 g/mol. The number of methoxy groups -OCH3 is 1. The Morgan fingerprint density at radius 3 is 2.67 bits per heavy atom. The zero-order valence-corrected chi connectivity index (χ0v) is 15.2. The van der Waals surface area contributed by atoms with E-state index in [2.05, 4.69) is 4.72 Å². The van der Waals surface area contributed by atoms with Crippen LogP contribution in [0.3, 0.4) is 0 Å². The summed E-state index contributed by atoms with van der Waals surface area (Å²) in [6.45, 7) is 0.368. The third-order valence-electron chi connectivity index (χ3n) is 3.58. The van der Waals surface area contributed by atoms with E-state index in [9.17, 15) is 4.21 Å². The maximum absolute atomic E-state index is 12.8. The summed E-state index contributed by atoms with van der Waals surface area (Å²) in [6.07, 6.45) is 0.604. The van der Waals surface area contributed by atoms with Crippen molar-refractivity contribution in [3.8, 4) is 11.5 Å². The average Bonchev–Trinajstić information content (AvgIpc) is 2.52. The van der Waals surface area contributed by atoms with Gasteiger partial charge in [-0.05, 0) is 36.8 Å². The van der Waals surface area contributed by atoms with E-state index in [1.807, 2.05) is 0 Å². The molecule has 0 radical (unpaired) electrons. The number of halogens is 2. The van der Waals surface area contributed by atoms with E-state index < -0.39 is 11.0 Å². The quantitative estimate of drug-likeness (QED) is 0.844. The number of hydrogen-bond donors (Lipinski definition) is 2. The van der Waals surface area contributed by atoms with Crippen molar-refractivity contribution < 1.29 is 13.7 Å². The van der Waals surface area contributed by atoms with Crippen molar-refractivity contribution in [2.45, 2.75) is 17.4 Å². The molecule has 1 aliphatic rings. The fraction of sp³-hybridized carbons (Fsp3) is 0.250. The predicted molar refractivity (Wildman–Crippen MR) is 96.7 cm³/mol. The first-order valence-corrected chi connectivity index (χ1v) is 9.11. The van der Waals surface area contributed by atoms with Crippen molar-refractivity contribution in [2.75, 3.05) is 18.4 Å². The standard InChI is InChI=1S/C16H16Cl2N2O3S/c1-22-14-2-3-15(16-13(14)7-11(19)8-23-16)24(21)20-12-5-9(17)4-10(18)6-12/h2-6,11,20H,7-8,19H2,1H3/t11-,24?/m1/s1. The van der Waals surface area contributed by atoms with E-state index in [-0.39, 0.29) is 6.04 Å². The molecule has 0 saturated heterocycles. The van der Waals surface area contributed by atoms with Gasteiger partial charge in [-0.3, -0.25) is 0 Å². The van der Waals surface area contributed by atoms with Crippen LogP contribution in [0.15, 0.2) is 35.2 Å². The molecule has 3 rings (SSSR count). The Morgan fingerprint density at radius 2 is 2.00 bits per heavy atom. The number of rotatable bonds is 4. The molecule has 1 unspecified atom stereocenters. The molecule has 2 atom stereocenters. The molecule has 1 heterocycles. The summed E-state index contributed by atoms with van der Waals surface area (Å²) in [5.74, 6) is 1.22. The number of anilines is 1. The Kier molecular flexibility index (Phi) is 5.20. The molecular weight excluding hydrogens is 371 g/mol. The number of fused-ring (bicyclic) bond motifs is 1. The summed E-state index contributed by atoms with van der Waals surface area (Å²) >= 11 is 11.9. The van der Waals surface area contributed by atoms with Crippen LogP contribution in [-0.2, 0) is 17.4 Å². The first kappa shape index (κ1) is 17.4. The lowest BCUT2D eigenvalue weighted by molar-refractivity contribution is 0.252. The van der Waals surface area contributed by atoms with Gasteiger partial charge in [0.15, 0.2) is 11.0 Å². The second kappa shape index (κ2) is 7.19. The topological polar surface area (TPSA) is 73.6 Å². The minimum atomic E-state index is -1.55. The maximum Gasteiger partial charge on any atom is 0.154 e. The van der Waals surface area contributed by atoms with Gasteiger partial charge in [-0.1, -0.05) is 23.2 Å². The molecule has 0 aliphatic carbocycles. The molecule has 0 amide bonds. The Hall–Kier alpha value is -1.47. The van der Waals surface area contributed by atoms with Crippen molar-refractivity contribution in [1.29, 1.82) is 0 Å². The molecule has 0 spiro atoms. The smallest absolute Gasteiger partial charge is 0.154 e. The first-order chi connectivity index (χ1) is 11.5. The van der Waals surface area contributed by atoms with Crippen LogP contribution in [-0.4, -0.2) is 24.0 Å². The summed E-state index contributed by atoms with van der Waals surface area (Å²) in [6, 6.07) is 8.27. The largest absolute Gasteiger partial charge is 0.496 e. The Bertz CT molecular complexity index is 781. The molecule has 0 bridgehead atoms. The van der Waals surface area contributed by atoms with Gasteiger partial charge in [0.2, 0.25) is 0 Å². The van der Waals surface area contributed by atoms with Crippen LogP contribution >= 0.6 is 23.2 Å². The minimum absolute atomic E-state index is 0.116. The van der Waals surface area contributed by atoms with Gasteiger partial charge in [0, 0.05) is 27.3 Å². The molecule has 3 N–H and O–H groups in total. The third kappa shape index (κ3) is 3.62. The zero-order chi connectivity index (χ0) is 17.3. The number of nitrogens with one attached hydrogen (secondary N) is 1. The van der Waals surface area contributed by atoms with Gasteiger partial charge in [0.05, 0.1) is 7.11 Å². The molecule has 2 aromatic carbocycles. The normalized spacial score (nSPS) is 17.6. The van der Waals surface area contributed by atoms with Crippen LogP contribution in [0.1, 0.15) is 5.56 Å². The van der Waals surface area contributed by atoms with Gasteiger partial charge in [-0.25, -0.2) is 4.21 Å². The van der Waals surface area contributed by atoms with E-state index >= 15 is 0 Å². The van der Waals surface area contributed by atoms with Crippen LogP contribution in [0.2, 0.25) is 10.0 Å². The molecule has 1 aliphatic heterocycles. The maximum atomic E-state index is 12.8. The second-order valence-corrected chi connectivity index (χ2v) is 7.43. The lowest BCUT2D eigenvalue weighted by Crippen LogP contribution is -2.34. The number of ether oxygens (including phenoxy) is 2. The van der Waals surface area contributed by atoms with E-state index in [4.69, 9.17) is 38.4 Å². The highest BCUT2D eigenvalue weighted by Gasteiger charge is 2.26. The summed E-state index contributed by atoms with van der Waals surface area (Å²) < 4.78 is 26.7. The summed E-state index contributed by atoms with van der Waals surface area (Å²) in [7, 11) is 0.0314. The SMILES string of the molecule is COc1ccc(S(=O)Nc2cc(Cl)cc(Cl)c2)c2c1C[C@@H](N)CO2. The number of hydrogen-bond acceptors (Lipinski definition) is 4. The van der Waals surface area contributed by atoms with E-state index in [1.165, 1.54) is 0 Å². The number of benzene rings is 2. The van der Waals surface area contributed by atoms with Crippen LogP contribution in [0.4, 0.5) is 5.69 Å². The van der Waals surface area contributed by atoms with Crippen LogP contribution < -0.4 is 19.9 Å². The van der Waals surface area contributed by atoms with Gasteiger partial charge in [-0.15, -0.1) is 0 Å². The highest BCUT2D eigenvalue weighted by Crippen LogP contribution is 2.38. The molecule has 2 aromatic rings. The van der Waals surface area contributed by atoms with E-state index in [1.54, 1.807) is 37.4 Å². The van der Waals surface area contributed by atoms with Crippen molar-refractivity contribution >= 4 is 39.9 Å². The van der Waals surface area contributed by atoms with E-state index in [0.717, 1.165) is 5.56 Å². The van der Waals surface area contributed by atoms with Crippen molar-refractivity contribution in [1.82, 2.24) is 0 Å². The van der Waals surface area contributed by atoms with Crippen LogP contribution in [0.5, 0.6) is 11.5 Å². The van der Waals surface area contributed by atoms with Crippen molar-refractivity contribution in [3.05, 3.63) is 45.9 Å². The lowest BCUT2D eigenvalue weighted by Gasteiger charge is -2.26. The summed E-state index contributed by atoms with van der Waals surface area (Å²) in [4.78, 5) is 0.522. The van der Waals surface area contributed by atoms with Gasteiger partial charge < -0.3 is 19.9 Å². The molecule has 24 heavy (non-hydrogen) atoms. The molecule has 0 saturated carbocycles. The second-order valence-electron chi connectivity index (χ2n) is 5.38. The van der Waals surface area contributed by atoms with Gasteiger partial charge >= 0.3 is 0 Å². The fourth-order valence-corrected chi connectivity index (χ4v) is 4.07. The minimum Gasteiger partial charge on any atom is -0.496 e. The molecular formula is C16H16Cl2N2O3S. The van der Waals surface area contributed by atoms with Crippen molar-refractivity contribution in [3.63, 3.8) is 0 Å². The molecule has 128 valence electrons. The predicted octanol–water partition coefficient (Wildman–Crippen LogP) is 3.40. The highest BCUT2D eigenvalue weighted by molar-refractivity contribution is 7.86. The lowest BCUT2D eigenvalue weighted by atomic mass is 10.0. The highest BCUT2D eigenvalue weighted by atomic mass is 35.5. The summed E-state index contributed by atoms with van der Waals surface area (Å²) in [5.41, 5.74) is 7.34. The zero-order valence-electron chi connectivity index (χ0n) is 12.8. The molecule has 0 aromatic heterocycles. The third-order valence-corrected chi connectivity index (χ3v) is 5.16. The molecule has 0 fully saturated rings. The van der Waals surface area contributed by atoms with E-state index in [0.29, 0.717) is 45.2 Å². The Labute approximate surface area is 152 Å². The fourth-order valence-electron chi connectivity index (χ4n) is 2.56. The van der Waals surface area contributed by atoms with Gasteiger partial charge in [-0.2, -0.15) is 0 Å². The van der Waals surface area contributed by atoms with Gasteiger partial charge in [0.25, 0.3) is 0 Å². The number of nitrogens with two attached hydrogens (primary N) is 1. The Balaban J connectivity index is 1.94. The first-order valence-electron chi connectivity index (χ1n) is 7.20. The monoisotopic (exact) mass is 386 g/mol.